The Morgan fingerprint density at radius 1 is 1.11 bits per heavy atom. The number of aryl methyl sites for hydroxylation is 1. The van der Waals surface area contributed by atoms with Gasteiger partial charge in [0.15, 0.2) is 0 Å². The minimum atomic E-state index is 0.389. The normalized spacial score (nSPS) is 18.4. The Labute approximate surface area is 117 Å². The first-order valence-electron chi connectivity index (χ1n) is 6.48. The van der Waals surface area contributed by atoms with Crippen molar-refractivity contribution in [2.75, 3.05) is 0 Å². The van der Waals surface area contributed by atoms with Crippen molar-refractivity contribution in [3.05, 3.63) is 58.6 Å². The molecule has 1 heterocycles. The van der Waals surface area contributed by atoms with Crippen LogP contribution in [-0.2, 0) is 0 Å². The molecule has 0 fully saturated rings. The Morgan fingerprint density at radius 2 is 1.89 bits per heavy atom. The second kappa shape index (κ2) is 5.10. The van der Waals surface area contributed by atoms with Gasteiger partial charge in [-0.25, -0.2) is 0 Å². The zero-order chi connectivity index (χ0) is 13.2. The largest absolute Gasteiger partial charge is 0.147 e. The molecule has 0 saturated heterocycles. The van der Waals surface area contributed by atoms with E-state index in [9.17, 15) is 0 Å². The highest BCUT2D eigenvalue weighted by Crippen LogP contribution is 2.32. The fourth-order valence-electron chi connectivity index (χ4n) is 2.11. The van der Waals surface area contributed by atoms with E-state index >= 15 is 0 Å². The molecule has 0 aliphatic heterocycles. The average molecular weight is 268 g/mol. The standard InChI is InChI=1S/C16H16N2S/c1-11-3-7-13(8-4-11)15-17-18-16(19-15)14-9-5-12(2)6-10-14/h3-9,14H,10H2,1-2H3. The molecule has 96 valence electrons. The van der Waals surface area contributed by atoms with E-state index in [1.54, 1.807) is 11.3 Å². The number of allylic oxidation sites excluding steroid dienone is 4. The smallest absolute Gasteiger partial charge is 0.143 e. The summed E-state index contributed by atoms with van der Waals surface area (Å²) in [5, 5.41) is 10.8. The third-order valence-corrected chi connectivity index (χ3v) is 4.45. The van der Waals surface area contributed by atoms with Crippen LogP contribution in [0.3, 0.4) is 0 Å². The summed E-state index contributed by atoms with van der Waals surface area (Å²) in [6.07, 6.45) is 7.69. The molecular weight excluding hydrogens is 252 g/mol. The topological polar surface area (TPSA) is 25.8 Å². The van der Waals surface area contributed by atoms with Gasteiger partial charge in [0.2, 0.25) is 0 Å². The van der Waals surface area contributed by atoms with Gasteiger partial charge >= 0.3 is 0 Å². The maximum atomic E-state index is 4.35. The fraction of sp³-hybridized carbons (Fsp3) is 0.250. The SMILES string of the molecule is CC1=CCC(c2nnc(-c3ccc(C)cc3)s2)C=C1. The summed E-state index contributed by atoms with van der Waals surface area (Å²) in [7, 11) is 0. The lowest BCUT2D eigenvalue weighted by Gasteiger charge is -2.10. The summed E-state index contributed by atoms with van der Waals surface area (Å²) >= 11 is 1.70. The van der Waals surface area contributed by atoms with E-state index in [1.165, 1.54) is 11.1 Å². The van der Waals surface area contributed by atoms with Crippen molar-refractivity contribution in [3.63, 3.8) is 0 Å². The number of nitrogens with zero attached hydrogens (tertiary/aromatic N) is 2. The molecule has 1 unspecified atom stereocenters. The van der Waals surface area contributed by atoms with Gasteiger partial charge in [0.25, 0.3) is 0 Å². The van der Waals surface area contributed by atoms with Crippen LogP contribution >= 0.6 is 11.3 Å². The average Bonchev–Trinajstić information content (AvgIpc) is 2.90. The quantitative estimate of drug-likeness (QED) is 0.801. The van der Waals surface area contributed by atoms with Crippen molar-refractivity contribution in [2.24, 2.45) is 0 Å². The van der Waals surface area contributed by atoms with Crippen molar-refractivity contribution in [1.82, 2.24) is 10.2 Å². The molecular formula is C16H16N2S. The van der Waals surface area contributed by atoms with Crippen LogP contribution in [0.2, 0.25) is 0 Å². The van der Waals surface area contributed by atoms with Gasteiger partial charge in [0.1, 0.15) is 10.0 Å². The molecule has 19 heavy (non-hydrogen) atoms. The fourth-order valence-corrected chi connectivity index (χ4v) is 3.05. The Balaban J connectivity index is 1.84. The highest BCUT2D eigenvalue weighted by Gasteiger charge is 2.15. The van der Waals surface area contributed by atoms with E-state index in [0.717, 1.165) is 22.0 Å². The van der Waals surface area contributed by atoms with Gasteiger partial charge in [0.05, 0.1) is 0 Å². The molecule has 0 spiro atoms. The molecule has 3 rings (SSSR count). The Kier molecular flexibility index (Phi) is 3.30. The van der Waals surface area contributed by atoms with Crippen LogP contribution in [0.25, 0.3) is 10.6 Å². The number of hydrogen-bond acceptors (Lipinski definition) is 3. The van der Waals surface area contributed by atoms with Crippen LogP contribution in [0.1, 0.15) is 29.8 Å². The summed E-state index contributed by atoms with van der Waals surface area (Å²) in [5.41, 5.74) is 3.75. The lowest BCUT2D eigenvalue weighted by atomic mass is 9.98. The lowest BCUT2D eigenvalue weighted by Crippen LogP contribution is -1.96. The van der Waals surface area contributed by atoms with Gasteiger partial charge in [-0.05, 0) is 20.3 Å². The molecule has 0 bridgehead atoms. The van der Waals surface area contributed by atoms with Gasteiger partial charge < -0.3 is 0 Å². The number of hydrogen-bond donors (Lipinski definition) is 0. The van der Waals surface area contributed by atoms with E-state index in [4.69, 9.17) is 0 Å². The molecule has 1 aromatic carbocycles. The first-order chi connectivity index (χ1) is 9.22. The molecule has 0 amide bonds. The minimum absolute atomic E-state index is 0.389. The van der Waals surface area contributed by atoms with Crippen LogP contribution in [0.4, 0.5) is 0 Å². The van der Waals surface area contributed by atoms with Gasteiger partial charge in [-0.3, -0.25) is 0 Å². The molecule has 0 saturated carbocycles. The molecule has 0 N–H and O–H groups in total. The molecule has 1 aliphatic rings. The third-order valence-electron chi connectivity index (χ3n) is 3.34. The van der Waals surface area contributed by atoms with E-state index in [-0.39, 0.29) is 0 Å². The Hall–Kier alpha value is -1.74. The van der Waals surface area contributed by atoms with Crippen LogP contribution < -0.4 is 0 Å². The van der Waals surface area contributed by atoms with E-state index in [1.807, 2.05) is 0 Å². The summed E-state index contributed by atoms with van der Waals surface area (Å²) < 4.78 is 0. The first kappa shape index (κ1) is 12.3. The van der Waals surface area contributed by atoms with Crippen molar-refractivity contribution in [2.45, 2.75) is 26.2 Å². The molecule has 2 aromatic rings. The van der Waals surface area contributed by atoms with E-state index in [0.29, 0.717) is 5.92 Å². The summed E-state index contributed by atoms with van der Waals surface area (Å²) in [4.78, 5) is 0. The van der Waals surface area contributed by atoms with E-state index in [2.05, 4.69) is 66.5 Å². The second-order valence-electron chi connectivity index (χ2n) is 4.96. The van der Waals surface area contributed by atoms with Crippen LogP contribution in [0.5, 0.6) is 0 Å². The summed E-state index contributed by atoms with van der Waals surface area (Å²) in [5.74, 6) is 0.389. The maximum absolute atomic E-state index is 4.35. The summed E-state index contributed by atoms with van der Waals surface area (Å²) in [6, 6.07) is 8.45. The molecule has 0 radical (unpaired) electrons. The monoisotopic (exact) mass is 268 g/mol. The lowest BCUT2D eigenvalue weighted by molar-refractivity contribution is 0.812. The molecule has 3 heteroatoms. The van der Waals surface area contributed by atoms with Crippen LogP contribution in [-0.4, -0.2) is 10.2 Å². The number of benzene rings is 1. The predicted molar refractivity (Wildman–Crippen MR) is 80.3 cm³/mol. The van der Waals surface area contributed by atoms with Crippen molar-refractivity contribution in [1.29, 1.82) is 0 Å². The Morgan fingerprint density at radius 3 is 2.58 bits per heavy atom. The zero-order valence-electron chi connectivity index (χ0n) is 11.1. The van der Waals surface area contributed by atoms with Gasteiger partial charge in [-0.1, -0.05) is 65.0 Å². The molecule has 1 atom stereocenters. The number of rotatable bonds is 2. The zero-order valence-corrected chi connectivity index (χ0v) is 11.9. The first-order valence-corrected chi connectivity index (χ1v) is 7.29. The van der Waals surface area contributed by atoms with E-state index < -0.39 is 0 Å². The molecule has 1 aliphatic carbocycles. The van der Waals surface area contributed by atoms with Crippen LogP contribution in [0, 0.1) is 6.92 Å². The highest BCUT2D eigenvalue weighted by atomic mass is 32.1. The minimum Gasteiger partial charge on any atom is -0.143 e. The highest BCUT2D eigenvalue weighted by molar-refractivity contribution is 7.14. The third kappa shape index (κ3) is 2.66. The van der Waals surface area contributed by atoms with Crippen molar-refractivity contribution < 1.29 is 0 Å². The molecule has 2 nitrogen and oxygen atoms in total. The molecule has 1 aromatic heterocycles. The van der Waals surface area contributed by atoms with Crippen LogP contribution in [0.15, 0.2) is 48.1 Å². The van der Waals surface area contributed by atoms with Gasteiger partial charge in [0, 0.05) is 11.5 Å². The second-order valence-corrected chi connectivity index (χ2v) is 5.97. The maximum Gasteiger partial charge on any atom is 0.147 e. The predicted octanol–water partition coefficient (Wildman–Crippen LogP) is 4.50. The number of aromatic nitrogens is 2. The Bertz CT molecular complexity index is 635. The summed E-state index contributed by atoms with van der Waals surface area (Å²) in [6.45, 7) is 4.22. The van der Waals surface area contributed by atoms with Gasteiger partial charge in [-0.2, -0.15) is 0 Å². The van der Waals surface area contributed by atoms with Gasteiger partial charge in [-0.15, -0.1) is 10.2 Å². The van der Waals surface area contributed by atoms with Crippen molar-refractivity contribution >= 4 is 11.3 Å². The van der Waals surface area contributed by atoms with Crippen molar-refractivity contribution in [3.8, 4) is 10.6 Å².